The lowest BCUT2D eigenvalue weighted by molar-refractivity contribution is 0.0731. The molecule has 20 heavy (non-hydrogen) atoms. The number of furan rings is 1. The number of hydrogen-bond acceptors (Lipinski definition) is 2. The third kappa shape index (κ3) is 2.42. The van der Waals surface area contributed by atoms with Crippen LogP contribution in [0.5, 0.6) is 0 Å². The summed E-state index contributed by atoms with van der Waals surface area (Å²) < 4.78 is 5.76. The summed E-state index contributed by atoms with van der Waals surface area (Å²) in [4.78, 5) is 14.5. The summed E-state index contributed by atoms with van der Waals surface area (Å²) in [6.07, 6.45) is 4.57. The number of rotatable bonds is 1. The molecule has 3 nitrogen and oxygen atoms in total. The number of carbonyl (C=O) groups is 1. The van der Waals surface area contributed by atoms with Crippen LogP contribution in [0, 0.1) is 6.92 Å². The molecule has 106 valence electrons. The summed E-state index contributed by atoms with van der Waals surface area (Å²) >= 11 is 6.01. The second-order valence-electron chi connectivity index (χ2n) is 5.40. The van der Waals surface area contributed by atoms with E-state index in [0.717, 1.165) is 42.5 Å². The highest BCUT2D eigenvalue weighted by Gasteiger charge is 2.23. The van der Waals surface area contributed by atoms with Gasteiger partial charge in [-0.3, -0.25) is 4.79 Å². The lowest BCUT2D eigenvalue weighted by Crippen LogP contribution is -2.31. The normalized spacial score (nSPS) is 16.4. The van der Waals surface area contributed by atoms with Crippen LogP contribution in [-0.2, 0) is 0 Å². The predicted molar refractivity (Wildman–Crippen MR) is 80.3 cm³/mol. The van der Waals surface area contributed by atoms with Gasteiger partial charge in [-0.05, 0) is 38.0 Å². The molecule has 2 heterocycles. The van der Waals surface area contributed by atoms with Gasteiger partial charge in [0.2, 0.25) is 0 Å². The molecule has 0 saturated carbocycles. The van der Waals surface area contributed by atoms with E-state index in [9.17, 15) is 4.79 Å². The lowest BCUT2D eigenvalue weighted by Gasteiger charge is -2.19. The van der Waals surface area contributed by atoms with Gasteiger partial charge in [-0.15, -0.1) is 0 Å². The van der Waals surface area contributed by atoms with Crippen LogP contribution >= 0.6 is 11.6 Å². The number of nitrogens with zero attached hydrogens (tertiary/aromatic N) is 1. The molecule has 4 heteroatoms. The second-order valence-corrected chi connectivity index (χ2v) is 5.84. The lowest BCUT2D eigenvalue weighted by atomic mass is 10.1. The van der Waals surface area contributed by atoms with E-state index in [4.69, 9.17) is 16.0 Å². The molecule has 1 aromatic carbocycles. The Hall–Kier alpha value is -1.48. The van der Waals surface area contributed by atoms with Crippen LogP contribution < -0.4 is 0 Å². The summed E-state index contributed by atoms with van der Waals surface area (Å²) in [6, 6.07) is 5.46. The van der Waals surface area contributed by atoms with Crippen molar-refractivity contribution in [2.45, 2.75) is 32.6 Å². The number of hydrogen-bond donors (Lipinski definition) is 0. The Morgan fingerprint density at radius 1 is 1.20 bits per heavy atom. The van der Waals surface area contributed by atoms with Gasteiger partial charge in [-0.2, -0.15) is 0 Å². The first-order valence-electron chi connectivity index (χ1n) is 7.15. The Balaban J connectivity index is 1.96. The zero-order valence-corrected chi connectivity index (χ0v) is 12.4. The van der Waals surface area contributed by atoms with Gasteiger partial charge in [-0.25, -0.2) is 0 Å². The Morgan fingerprint density at radius 3 is 2.60 bits per heavy atom. The van der Waals surface area contributed by atoms with Crippen LogP contribution in [0.3, 0.4) is 0 Å². The molecule has 1 aliphatic heterocycles. The predicted octanol–water partition coefficient (Wildman–Crippen LogP) is 4.41. The Morgan fingerprint density at radius 2 is 1.90 bits per heavy atom. The molecule has 1 amide bonds. The summed E-state index contributed by atoms with van der Waals surface area (Å²) in [5, 5.41) is 1.59. The fraction of sp³-hybridized carbons (Fsp3) is 0.438. The smallest absolute Gasteiger partial charge is 0.289 e. The Bertz CT molecular complexity index is 639. The minimum absolute atomic E-state index is 0.0109. The third-order valence-electron chi connectivity index (χ3n) is 3.99. The fourth-order valence-corrected chi connectivity index (χ4v) is 2.99. The third-order valence-corrected chi connectivity index (χ3v) is 4.22. The average Bonchev–Trinajstić information content (AvgIpc) is 2.66. The van der Waals surface area contributed by atoms with E-state index >= 15 is 0 Å². The zero-order valence-electron chi connectivity index (χ0n) is 11.6. The maximum absolute atomic E-state index is 12.6. The van der Waals surface area contributed by atoms with Crippen molar-refractivity contribution in [2.24, 2.45) is 0 Å². The first-order valence-corrected chi connectivity index (χ1v) is 7.52. The highest BCUT2D eigenvalue weighted by Crippen LogP contribution is 2.29. The van der Waals surface area contributed by atoms with Crippen LogP contribution in [0.25, 0.3) is 11.0 Å². The SMILES string of the molecule is Cc1c(C(=O)N2CCCCCC2)oc2ccc(Cl)cc12. The molecule has 1 fully saturated rings. The average molecular weight is 292 g/mol. The van der Waals surface area contributed by atoms with Crippen molar-refractivity contribution in [2.75, 3.05) is 13.1 Å². The minimum atomic E-state index is 0.0109. The number of aryl methyl sites for hydroxylation is 1. The molecular formula is C16H18ClNO2. The highest BCUT2D eigenvalue weighted by molar-refractivity contribution is 6.31. The molecule has 1 aliphatic rings. The van der Waals surface area contributed by atoms with E-state index < -0.39 is 0 Å². The van der Waals surface area contributed by atoms with E-state index in [-0.39, 0.29) is 5.91 Å². The Labute approximate surface area is 123 Å². The van der Waals surface area contributed by atoms with Gasteiger partial charge in [0, 0.05) is 29.1 Å². The van der Waals surface area contributed by atoms with Gasteiger partial charge < -0.3 is 9.32 Å². The van der Waals surface area contributed by atoms with Crippen molar-refractivity contribution in [3.8, 4) is 0 Å². The van der Waals surface area contributed by atoms with Gasteiger partial charge in [0.15, 0.2) is 5.76 Å². The molecule has 2 aromatic rings. The fourth-order valence-electron chi connectivity index (χ4n) is 2.81. The van der Waals surface area contributed by atoms with E-state index in [2.05, 4.69) is 0 Å². The molecule has 0 spiro atoms. The monoisotopic (exact) mass is 291 g/mol. The van der Waals surface area contributed by atoms with Gasteiger partial charge in [0.25, 0.3) is 5.91 Å². The highest BCUT2D eigenvalue weighted by atomic mass is 35.5. The second kappa shape index (κ2) is 5.49. The van der Waals surface area contributed by atoms with Crippen LogP contribution in [0.1, 0.15) is 41.8 Å². The van der Waals surface area contributed by atoms with Crippen LogP contribution in [-0.4, -0.2) is 23.9 Å². The molecule has 0 atom stereocenters. The van der Waals surface area contributed by atoms with E-state index in [1.807, 2.05) is 24.0 Å². The van der Waals surface area contributed by atoms with Crippen LogP contribution in [0.4, 0.5) is 0 Å². The van der Waals surface area contributed by atoms with Crippen molar-refractivity contribution in [3.63, 3.8) is 0 Å². The number of likely N-dealkylation sites (tertiary alicyclic amines) is 1. The number of amides is 1. The van der Waals surface area contributed by atoms with Gasteiger partial charge in [-0.1, -0.05) is 24.4 Å². The topological polar surface area (TPSA) is 33.5 Å². The van der Waals surface area contributed by atoms with Gasteiger partial charge in [0.1, 0.15) is 5.58 Å². The first-order chi connectivity index (χ1) is 9.66. The van der Waals surface area contributed by atoms with Crippen molar-refractivity contribution < 1.29 is 9.21 Å². The van der Waals surface area contributed by atoms with Gasteiger partial charge in [0.05, 0.1) is 0 Å². The summed E-state index contributed by atoms with van der Waals surface area (Å²) in [6.45, 7) is 3.58. The summed E-state index contributed by atoms with van der Waals surface area (Å²) in [5.41, 5.74) is 1.61. The number of halogens is 1. The van der Waals surface area contributed by atoms with Crippen molar-refractivity contribution in [1.82, 2.24) is 4.90 Å². The van der Waals surface area contributed by atoms with E-state index in [1.54, 1.807) is 6.07 Å². The number of fused-ring (bicyclic) bond motifs is 1. The maximum atomic E-state index is 12.6. The zero-order chi connectivity index (χ0) is 14.1. The molecule has 0 aliphatic carbocycles. The Kier molecular flexibility index (Phi) is 3.70. The molecule has 1 saturated heterocycles. The minimum Gasteiger partial charge on any atom is -0.451 e. The van der Waals surface area contributed by atoms with Crippen molar-refractivity contribution in [1.29, 1.82) is 0 Å². The molecule has 0 unspecified atom stereocenters. The molecule has 1 aromatic heterocycles. The van der Waals surface area contributed by atoms with Gasteiger partial charge >= 0.3 is 0 Å². The van der Waals surface area contributed by atoms with Crippen LogP contribution in [0.2, 0.25) is 5.02 Å². The van der Waals surface area contributed by atoms with Crippen LogP contribution in [0.15, 0.2) is 22.6 Å². The molecular weight excluding hydrogens is 274 g/mol. The standard InChI is InChI=1S/C16H18ClNO2/c1-11-13-10-12(17)6-7-14(13)20-15(11)16(19)18-8-4-2-3-5-9-18/h6-7,10H,2-5,8-9H2,1H3. The first kappa shape index (κ1) is 13.5. The molecule has 0 N–H and O–H groups in total. The maximum Gasteiger partial charge on any atom is 0.289 e. The molecule has 0 radical (unpaired) electrons. The number of benzene rings is 1. The summed E-state index contributed by atoms with van der Waals surface area (Å²) in [5.74, 6) is 0.473. The van der Waals surface area contributed by atoms with Crippen molar-refractivity contribution >= 4 is 28.5 Å². The van der Waals surface area contributed by atoms with E-state index in [0.29, 0.717) is 10.8 Å². The molecule has 3 rings (SSSR count). The van der Waals surface area contributed by atoms with E-state index in [1.165, 1.54) is 12.8 Å². The van der Waals surface area contributed by atoms with Crippen molar-refractivity contribution in [3.05, 3.63) is 34.5 Å². The summed E-state index contributed by atoms with van der Waals surface area (Å²) in [7, 11) is 0. The molecule has 0 bridgehead atoms. The largest absolute Gasteiger partial charge is 0.451 e. The number of carbonyl (C=O) groups excluding carboxylic acids is 1. The quantitative estimate of drug-likeness (QED) is 0.780.